The predicted octanol–water partition coefficient (Wildman–Crippen LogP) is 1.49. The highest BCUT2D eigenvalue weighted by Gasteiger charge is 2.21. The number of nitrogens with one attached hydrogen (secondary N) is 1. The largest absolute Gasteiger partial charge is 0.497 e. The van der Waals surface area contributed by atoms with Crippen LogP contribution >= 0.6 is 0 Å². The molecule has 0 fully saturated rings. The van der Waals surface area contributed by atoms with Crippen LogP contribution in [0, 0.1) is 0 Å². The Balaban J connectivity index is 2.16. The van der Waals surface area contributed by atoms with Gasteiger partial charge >= 0.3 is 0 Å². The predicted molar refractivity (Wildman–Crippen MR) is 65.5 cm³/mol. The summed E-state index contributed by atoms with van der Waals surface area (Å²) in [5.74, 6) is 1.73. The Bertz CT molecular complexity index is 379. The monoisotopic (exact) mass is 237 g/mol. The Morgan fingerprint density at radius 3 is 3.12 bits per heavy atom. The molecule has 0 bridgehead atoms. The molecule has 4 nitrogen and oxygen atoms in total. The van der Waals surface area contributed by atoms with Crippen LogP contribution < -0.4 is 14.8 Å². The van der Waals surface area contributed by atoms with E-state index in [-0.39, 0.29) is 12.1 Å². The number of hydrogen-bond donors (Lipinski definition) is 2. The van der Waals surface area contributed by atoms with Crippen molar-refractivity contribution in [2.24, 2.45) is 0 Å². The van der Waals surface area contributed by atoms with Gasteiger partial charge in [0.1, 0.15) is 11.5 Å². The lowest BCUT2D eigenvalue weighted by Gasteiger charge is -2.27. The quantitative estimate of drug-likeness (QED) is 0.833. The van der Waals surface area contributed by atoms with Gasteiger partial charge in [0, 0.05) is 24.6 Å². The van der Waals surface area contributed by atoms with E-state index in [9.17, 15) is 5.11 Å². The van der Waals surface area contributed by atoms with Crippen molar-refractivity contribution in [1.29, 1.82) is 0 Å². The van der Waals surface area contributed by atoms with Gasteiger partial charge in [0.2, 0.25) is 0 Å². The second-order valence-electron chi connectivity index (χ2n) is 4.35. The second-order valence-corrected chi connectivity index (χ2v) is 4.35. The summed E-state index contributed by atoms with van der Waals surface area (Å²) in [6.07, 6.45) is 0.569. The highest BCUT2D eigenvalue weighted by atomic mass is 16.5. The van der Waals surface area contributed by atoms with Gasteiger partial charge in [-0.05, 0) is 25.1 Å². The van der Waals surface area contributed by atoms with Crippen LogP contribution in [0.2, 0.25) is 0 Å². The third-order valence-electron chi connectivity index (χ3n) is 2.92. The molecule has 0 amide bonds. The summed E-state index contributed by atoms with van der Waals surface area (Å²) in [5, 5.41) is 12.7. The van der Waals surface area contributed by atoms with Crippen LogP contribution in [0.15, 0.2) is 18.2 Å². The van der Waals surface area contributed by atoms with Crippen LogP contribution in [0.4, 0.5) is 0 Å². The van der Waals surface area contributed by atoms with E-state index >= 15 is 0 Å². The van der Waals surface area contributed by atoms with E-state index in [0.29, 0.717) is 13.2 Å². The summed E-state index contributed by atoms with van der Waals surface area (Å²) in [7, 11) is 1.66. The summed E-state index contributed by atoms with van der Waals surface area (Å²) in [5.41, 5.74) is 1.11. The molecule has 1 unspecified atom stereocenters. The van der Waals surface area contributed by atoms with Gasteiger partial charge in [-0.25, -0.2) is 0 Å². The van der Waals surface area contributed by atoms with Gasteiger partial charge in [0.05, 0.1) is 19.8 Å². The van der Waals surface area contributed by atoms with Gasteiger partial charge in [-0.3, -0.25) is 0 Å². The van der Waals surface area contributed by atoms with Gasteiger partial charge in [0.15, 0.2) is 0 Å². The first-order chi connectivity index (χ1) is 8.20. The Hall–Kier alpha value is -1.26. The summed E-state index contributed by atoms with van der Waals surface area (Å²) in [6, 6.07) is 6.05. The lowest BCUT2D eigenvalue weighted by atomic mass is 10.00. The summed E-state index contributed by atoms with van der Waals surface area (Å²) in [4.78, 5) is 0. The average Bonchev–Trinajstić information content (AvgIpc) is 2.35. The summed E-state index contributed by atoms with van der Waals surface area (Å²) >= 11 is 0. The Morgan fingerprint density at radius 1 is 1.59 bits per heavy atom. The molecule has 94 valence electrons. The first-order valence-electron chi connectivity index (χ1n) is 5.93. The fourth-order valence-electron chi connectivity index (χ4n) is 2.02. The number of methoxy groups -OCH3 is 1. The average molecular weight is 237 g/mol. The van der Waals surface area contributed by atoms with E-state index in [1.807, 2.05) is 18.2 Å². The van der Waals surface area contributed by atoms with E-state index in [0.717, 1.165) is 23.5 Å². The minimum Gasteiger partial charge on any atom is -0.497 e. The maximum atomic E-state index is 9.31. The Morgan fingerprint density at radius 2 is 2.41 bits per heavy atom. The standard InChI is InChI=1S/C13H19NO3/c1-9(15)8-14-12-5-6-17-13-4-3-10(16-2)7-11(12)13/h3-4,7,9,12,14-15H,5-6,8H2,1-2H3/t9-,12?/m1/s1. The molecule has 2 rings (SSSR count). The van der Waals surface area contributed by atoms with Crippen molar-refractivity contribution in [3.8, 4) is 11.5 Å². The second kappa shape index (κ2) is 5.38. The van der Waals surface area contributed by atoms with Crippen molar-refractivity contribution < 1.29 is 14.6 Å². The van der Waals surface area contributed by atoms with Crippen molar-refractivity contribution in [3.63, 3.8) is 0 Å². The van der Waals surface area contributed by atoms with Gasteiger partial charge in [-0.15, -0.1) is 0 Å². The third kappa shape index (κ3) is 2.90. The van der Waals surface area contributed by atoms with Gasteiger partial charge in [-0.1, -0.05) is 0 Å². The van der Waals surface area contributed by atoms with Crippen molar-refractivity contribution in [2.45, 2.75) is 25.5 Å². The molecule has 0 aromatic heterocycles. The molecule has 0 saturated heterocycles. The lowest BCUT2D eigenvalue weighted by molar-refractivity contribution is 0.177. The summed E-state index contributed by atoms with van der Waals surface area (Å²) in [6.45, 7) is 3.07. The van der Waals surface area contributed by atoms with Gasteiger partial charge < -0.3 is 19.9 Å². The molecule has 17 heavy (non-hydrogen) atoms. The van der Waals surface area contributed by atoms with Crippen molar-refractivity contribution in [2.75, 3.05) is 20.3 Å². The van der Waals surface area contributed by atoms with Crippen LogP contribution in [0.3, 0.4) is 0 Å². The maximum Gasteiger partial charge on any atom is 0.124 e. The van der Waals surface area contributed by atoms with E-state index in [1.54, 1.807) is 14.0 Å². The number of fused-ring (bicyclic) bond motifs is 1. The number of hydrogen-bond acceptors (Lipinski definition) is 4. The molecule has 2 N–H and O–H groups in total. The zero-order chi connectivity index (χ0) is 12.3. The normalized spacial score (nSPS) is 20.3. The Labute approximate surface area is 102 Å². The third-order valence-corrected chi connectivity index (χ3v) is 2.92. The minimum atomic E-state index is -0.341. The van der Waals surface area contributed by atoms with Crippen LogP contribution in [-0.2, 0) is 0 Å². The molecular weight excluding hydrogens is 218 g/mol. The summed E-state index contributed by atoms with van der Waals surface area (Å²) < 4.78 is 10.8. The number of rotatable bonds is 4. The number of aliphatic hydroxyl groups excluding tert-OH is 1. The van der Waals surface area contributed by atoms with E-state index in [2.05, 4.69) is 5.32 Å². The number of aliphatic hydroxyl groups is 1. The van der Waals surface area contributed by atoms with Crippen molar-refractivity contribution >= 4 is 0 Å². The Kier molecular flexibility index (Phi) is 3.86. The van der Waals surface area contributed by atoms with E-state index < -0.39 is 0 Å². The van der Waals surface area contributed by atoms with Crippen LogP contribution in [0.25, 0.3) is 0 Å². The number of ether oxygens (including phenoxy) is 2. The zero-order valence-electron chi connectivity index (χ0n) is 10.3. The zero-order valence-corrected chi connectivity index (χ0v) is 10.3. The molecule has 0 radical (unpaired) electrons. The SMILES string of the molecule is COc1ccc2c(c1)C(NC[C@@H](C)O)CCO2. The highest BCUT2D eigenvalue weighted by molar-refractivity contribution is 5.43. The molecule has 1 aliphatic heterocycles. The first kappa shape index (κ1) is 12.2. The van der Waals surface area contributed by atoms with Crippen molar-refractivity contribution in [1.82, 2.24) is 5.32 Å². The molecule has 0 saturated carbocycles. The topological polar surface area (TPSA) is 50.7 Å². The van der Waals surface area contributed by atoms with Gasteiger partial charge in [-0.2, -0.15) is 0 Å². The highest BCUT2D eigenvalue weighted by Crippen LogP contribution is 2.34. The van der Waals surface area contributed by atoms with Crippen LogP contribution in [0.1, 0.15) is 24.9 Å². The van der Waals surface area contributed by atoms with Crippen molar-refractivity contribution in [3.05, 3.63) is 23.8 Å². The first-order valence-corrected chi connectivity index (χ1v) is 5.93. The molecule has 4 heteroatoms. The molecular formula is C13H19NO3. The smallest absolute Gasteiger partial charge is 0.124 e. The van der Waals surface area contributed by atoms with E-state index in [4.69, 9.17) is 9.47 Å². The van der Waals surface area contributed by atoms with E-state index in [1.165, 1.54) is 0 Å². The molecule has 1 aromatic carbocycles. The minimum absolute atomic E-state index is 0.225. The van der Waals surface area contributed by atoms with Crippen LogP contribution in [0.5, 0.6) is 11.5 Å². The molecule has 2 atom stereocenters. The molecule has 1 aliphatic rings. The molecule has 0 aliphatic carbocycles. The molecule has 1 heterocycles. The lowest BCUT2D eigenvalue weighted by Crippen LogP contribution is -2.32. The fourth-order valence-corrected chi connectivity index (χ4v) is 2.02. The maximum absolute atomic E-state index is 9.31. The fraction of sp³-hybridized carbons (Fsp3) is 0.538. The molecule has 1 aromatic rings. The van der Waals surface area contributed by atoms with Crippen LogP contribution in [-0.4, -0.2) is 31.5 Å². The number of benzene rings is 1. The van der Waals surface area contributed by atoms with Gasteiger partial charge in [0.25, 0.3) is 0 Å². The molecule has 0 spiro atoms.